The number of methoxy groups -OCH3 is 1. The van der Waals surface area contributed by atoms with Gasteiger partial charge in [-0.2, -0.15) is 0 Å². The summed E-state index contributed by atoms with van der Waals surface area (Å²) in [6.07, 6.45) is 0. The van der Waals surface area contributed by atoms with Crippen molar-refractivity contribution in [1.29, 1.82) is 0 Å². The maximum absolute atomic E-state index is 12.8. The van der Waals surface area contributed by atoms with E-state index in [2.05, 4.69) is 0 Å². The molecule has 0 saturated carbocycles. The first-order valence-electron chi connectivity index (χ1n) is 6.65. The monoisotopic (exact) mass is 321 g/mol. The molecule has 0 aromatic heterocycles. The summed E-state index contributed by atoms with van der Waals surface area (Å²) in [6, 6.07) is 9.74. The third kappa shape index (κ3) is 2.32. The number of anilines is 1. The Bertz CT molecular complexity index is 745. The van der Waals surface area contributed by atoms with Crippen molar-refractivity contribution < 1.29 is 8.95 Å². The van der Waals surface area contributed by atoms with E-state index in [0.717, 1.165) is 27.3 Å². The Hall–Kier alpha value is -1.52. The van der Waals surface area contributed by atoms with E-state index < -0.39 is 11.0 Å². The summed E-state index contributed by atoms with van der Waals surface area (Å²) in [5, 5.41) is 0.567. The second-order valence-corrected chi connectivity index (χ2v) is 6.88. The summed E-state index contributed by atoms with van der Waals surface area (Å²) in [5.41, 5.74) is 4.05. The van der Waals surface area contributed by atoms with E-state index in [1.807, 2.05) is 48.5 Å². The van der Waals surface area contributed by atoms with E-state index in [1.165, 1.54) is 0 Å². The first-order chi connectivity index (χ1) is 10.0. The van der Waals surface area contributed by atoms with Gasteiger partial charge < -0.3 is 4.74 Å². The quantitative estimate of drug-likeness (QED) is 0.836. The molecule has 1 aliphatic rings. The van der Waals surface area contributed by atoms with Crippen LogP contribution in [0.3, 0.4) is 0 Å². The van der Waals surface area contributed by atoms with Crippen LogP contribution in [0.5, 0.6) is 5.75 Å². The van der Waals surface area contributed by atoms with Gasteiger partial charge >= 0.3 is 0 Å². The minimum absolute atomic E-state index is 0.567. The topological polar surface area (TPSA) is 29.5 Å². The highest BCUT2D eigenvalue weighted by atomic mass is 35.5. The fourth-order valence-electron chi connectivity index (χ4n) is 2.65. The van der Waals surface area contributed by atoms with Gasteiger partial charge in [0.2, 0.25) is 0 Å². The van der Waals surface area contributed by atoms with E-state index in [-0.39, 0.29) is 0 Å². The van der Waals surface area contributed by atoms with Gasteiger partial charge in [-0.1, -0.05) is 29.8 Å². The Morgan fingerprint density at radius 3 is 2.67 bits per heavy atom. The molecule has 3 rings (SSSR count). The fourth-order valence-corrected chi connectivity index (χ4v) is 4.50. The highest BCUT2D eigenvalue weighted by molar-refractivity contribution is 7.86. The van der Waals surface area contributed by atoms with Gasteiger partial charge in [0.15, 0.2) is 11.0 Å². The summed E-state index contributed by atoms with van der Waals surface area (Å²) in [4.78, 5) is 0.922. The molecule has 3 nitrogen and oxygen atoms in total. The Labute approximate surface area is 132 Å². The first-order valence-corrected chi connectivity index (χ1v) is 8.13. The minimum atomic E-state index is -1.19. The smallest absolute Gasteiger partial charge is 0.153 e. The molecule has 5 heteroatoms. The highest BCUT2D eigenvalue weighted by Crippen LogP contribution is 2.39. The molecule has 0 amide bonds. The Kier molecular flexibility index (Phi) is 3.68. The normalized spacial score (nSPS) is 17.0. The number of nitrogens with zero attached hydrogens (tertiary/aromatic N) is 1. The number of hydrogen-bond acceptors (Lipinski definition) is 2. The molecule has 0 bridgehead atoms. The number of rotatable bonds is 2. The van der Waals surface area contributed by atoms with Crippen LogP contribution in [0, 0.1) is 13.8 Å². The number of benzene rings is 2. The van der Waals surface area contributed by atoms with Gasteiger partial charge in [0.05, 0.1) is 29.3 Å². The van der Waals surface area contributed by atoms with Crippen LogP contribution in [0.25, 0.3) is 0 Å². The highest BCUT2D eigenvalue weighted by Gasteiger charge is 2.30. The number of ether oxygens (including phenoxy) is 1. The van der Waals surface area contributed by atoms with E-state index >= 15 is 0 Å². The molecule has 1 unspecified atom stereocenters. The standard InChI is InChI=1S/C16H16ClNO2S/c1-10-5-4-6-12-9-18(21(19)16(10)12)14-8-15(20-3)13(17)7-11(14)2/h4-8H,9H2,1-3H3. The molecule has 2 aromatic carbocycles. The number of aryl methyl sites for hydroxylation is 2. The third-order valence-electron chi connectivity index (χ3n) is 3.72. The van der Waals surface area contributed by atoms with E-state index in [4.69, 9.17) is 16.3 Å². The molecule has 0 fully saturated rings. The summed E-state index contributed by atoms with van der Waals surface area (Å²) >= 11 is 6.14. The first kappa shape index (κ1) is 14.4. The Morgan fingerprint density at radius 1 is 1.24 bits per heavy atom. The molecule has 21 heavy (non-hydrogen) atoms. The van der Waals surface area contributed by atoms with Crippen molar-refractivity contribution in [1.82, 2.24) is 0 Å². The van der Waals surface area contributed by atoms with Crippen molar-refractivity contribution in [2.75, 3.05) is 11.4 Å². The number of fused-ring (bicyclic) bond motifs is 1. The zero-order valence-corrected chi connectivity index (χ0v) is 13.7. The summed E-state index contributed by atoms with van der Waals surface area (Å²) in [5.74, 6) is 0.599. The maximum Gasteiger partial charge on any atom is 0.153 e. The molecule has 1 heterocycles. The largest absolute Gasteiger partial charge is 0.495 e. The van der Waals surface area contributed by atoms with E-state index in [0.29, 0.717) is 17.3 Å². The van der Waals surface area contributed by atoms with Crippen LogP contribution in [-0.4, -0.2) is 11.3 Å². The molecular formula is C16H16ClNO2S. The van der Waals surface area contributed by atoms with Crippen molar-refractivity contribution in [3.63, 3.8) is 0 Å². The van der Waals surface area contributed by atoms with Gasteiger partial charge in [-0.3, -0.25) is 4.31 Å². The van der Waals surface area contributed by atoms with Crippen LogP contribution in [0.2, 0.25) is 5.02 Å². The summed E-state index contributed by atoms with van der Waals surface area (Å²) in [7, 11) is 0.393. The minimum Gasteiger partial charge on any atom is -0.495 e. The predicted octanol–water partition coefficient (Wildman–Crippen LogP) is 4.01. The van der Waals surface area contributed by atoms with Gasteiger partial charge in [-0.25, -0.2) is 4.21 Å². The molecule has 0 radical (unpaired) electrons. The lowest BCUT2D eigenvalue weighted by Crippen LogP contribution is -2.19. The molecule has 0 N–H and O–H groups in total. The van der Waals surface area contributed by atoms with Crippen LogP contribution < -0.4 is 9.04 Å². The molecule has 110 valence electrons. The van der Waals surface area contributed by atoms with Crippen molar-refractivity contribution in [2.24, 2.45) is 0 Å². The second-order valence-electron chi connectivity index (χ2n) is 5.12. The maximum atomic E-state index is 12.8. The lowest BCUT2D eigenvalue weighted by atomic mass is 10.1. The number of halogens is 1. The van der Waals surface area contributed by atoms with Crippen LogP contribution in [0.1, 0.15) is 16.7 Å². The van der Waals surface area contributed by atoms with Gasteiger partial charge in [0.25, 0.3) is 0 Å². The molecule has 0 saturated heterocycles. The van der Waals surface area contributed by atoms with Crippen LogP contribution in [0.4, 0.5) is 5.69 Å². The zero-order valence-electron chi connectivity index (χ0n) is 12.1. The van der Waals surface area contributed by atoms with Crippen LogP contribution >= 0.6 is 11.6 Å². The summed E-state index contributed by atoms with van der Waals surface area (Å²) in [6.45, 7) is 4.60. The summed E-state index contributed by atoms with van der Waals surface area (Å²) < 4.78 is 20.0. The van der Waals surface area contributed by atoms with Crippen molar-refractivity contribution in [3.05, 3.63) is 52.0 Å². The van der Waals surface area contributed by atoms with Gasteiger partial charge in [-0.05, 0) is 36.6 Å². The molecule has 2 aromatic rings. The Balaban J connectivity index is 2.08. The van der Waals surface area contributed by atoms with Crippen LogP contribution in [0.15, 0.2) is 35.2 Å². The molecule has 0 spiro atoms. The predicted molar refractivity (Wildman–Crippen MR) is 86.5 cm³/mol. The average Bonchev–Trinajstić information content (AvgIpc) is 2.78. The Morgan fingerprint density at radius 2 is 2.00 bits per heavy atom. The lowest BCUT2D eigenvalue weighted by Gasteiger charge is -2.20. The van der Waals surface area contributed by atoms with Gasteiger partial charge in [-0.15, -0.1) is 0 Å². The van der Waals surface area contributed by atoms with Crippen molar-refractivity contribution in [2.45, 2.75) is 25.3 Å². The van der Waals surface area contributed by atoms with E-state index in [1.54, 1.807) is 7.11 Å². The van der Waals surface area contributed by atoms with Crippen molar-refractivity contribution >= 4 is 28.3 Å². The van der Waals surface area contributed by atoms with Gasteiger partial charge in [0, 0.05) is 6.07 Å². The second kappa shape index (κ2) is 5.35. The SMILES string of the molecule is COc1cc(N2Cc3cccc(C)c3S2=O)c(C)cc1Cl. The average molecular weight is 322 g/mol. The zero-order chi connectivity index (χ0) is 15.1. The lowest BCUT2D eigenvalue weighted by molar-refractivity contribution is 0.415. The van der Waals surface area contributed by atoms with Crippen LogP contribution in [-0.2, 0) is 17.5 Å². The van der Waals surface area contributed by atoms with E-state index in [9.17, 15) is 4.21 Å². The molecule has 0 aliphatic carbocycles. The molecule has 1 aliphatic heterocycles. The fraction of sp³-hybridized carbons (Fsp3) is 0.250. The number of hydrogen-bond donors (Lipinski definition) is 0. The molecule has 1 atom stereocenters. The molecular weight excluding hydrogens is 306 g/mol. The van der Waals surface area contributed by atoms with Crippen molar-refractivity contribution in [3.8, 4) is 5.75 Å². The van der Waals surface area contributed by atoms with Gasteiger partial charge in [0.1, 0.15) is 5.75 Å². The third-order valence-corrected chi connectivity index (χ3v) is 5.68.